The van der Waals surface area contributed by atoms with Crippen molar-refractivity contribution in [3.63, 3.8) is 0 Å². The summed E-state index contributed by atoms with van der Waals surface area (Å²) in [7, 11) is 32.0. The summed E-state index contributed by atoms with van der Waals surface area (Å²) in [5, 5.41) is 13.1. The van der Waals surface area contributed by atoms with Crippen LogP contribution in [0.25, 0.3) is 73.0 Å². The second-order valence-corrected chi connectivity index (χ2v) is 13.2. The fourth-order valence-electron chi connectivity index (χ4n) is 7.66. The molecule has 0 saturated heterocycles. The Morgan fingerprint density at radius 2 is 1.29 bits per heavy atom. The first kappa shape index (κ1) is 49.5. The summed E-state index contributed by atoms with van der Waals surface area (Å²) in [5.41, 5.74) is 9.27. The molecular formula is C45H47B10Y-. The zero-order chi connectivity index (χ0) is 41.1. The summed E-state index contributed by atoms with van der Waals surface area (Å²) < 4.78 is 0. The second kappa shape index (κ2) is 23.1. The van der Waals surface area contributed by atoms with Crippen LogP contribution in [0.4, 0.5) is 0 Å². The van der Waals surface area contributed by atoms with Crippen LogP contribution >= 0.6 is 0 Å². The molecule has 0 saturated carbocycles. The molecule has 0 spiro atoms. The minimum Gasteiger partial charge on any atom is -0.183 e. The average Bonchev–Trinajstić information content (AvgIpc) is 3.21. The standard InChI is InChI=1S/C37H23.2C2H6.CH3B4.CH3B3.CH3B2.CH3B.Y/c1-19-8-9-26-28-15-17-32-31-16-14-27-25-7-5-4-6-22(25)20(2)23-10-12-29(36(31)34(23)27)30-13-11-24(35(28)37(30)32)21(3)33(26)18-19;2*1-2;1-5(3)4-2;1-4(2)3;1-3-2;1-2;/h5-18,23,34H,2-3H2,1H3;2*1-2H3;1H3;1H3;1H3;1H3;/q-1;;;;;;;. The molecule has 6 aromatic carbocycles. The Balaban J connectivity index is 0.000000494. The Hall–Kier alpha value is -2.67. The minimum absolute atomic E-state index is 0. The van der Waals surface area contributed by atoms with Gasteiger partial charge in [-0.2, -0.15) is 24.3 Å². The fourth-order valence-corrected chi connectivity index (χ4v) is 7.66. The van der Waals surface area contributed by atoms with Crippen LogP contribution in [-0.4, -0.2) is 73.8 Å². The van der Waals surface area contributed by atoms with Gasteiger partial charge >= 0.3 is 0 Å². The predicted octanol–water partition coefficient (Wildman–Crippen LogP) is 8.46. The molecule has 6 aromatic rings. The molecule has 0 aliphatic heterocycles. The van der Waals surface area contributed by atoms with Gasteiger partial charge in [0, 0.05) is 103 Å². The van der Waals surface area contributed by atoms with Gasteiger partial charge in [-0.15, -0.1) is 38.2 Å². The number of hydrogen-bond donors (Lipinski definition) is 0. The molecule has 0 bridgehead atoms. The second-order valence-electron chi connectivity index (χ2n) is 13.2. The third kappa shape index (κ3) is 9.78. The average molecular weight is 785 g/mol. The van der Waals surface area contributed by atoms with E-state index in [0.717, 1.165) is 5.22 Å². The van der Waals surface area contributed by atoms with Gasteiger partial charge in [0.2, 0.25) is 0 Å². The maximum Gasteiger partial charge on any atom is 0.0606 e. The van der Waals surface area contributed by atoms with Crippen LogP contribution < -0.4 is 10.4 Å². The van der Waals surface area contributed by atoms with Crippen LogP contribution in [0.15, 0.2) is 79.4 Å². The molecule has 261 valence electrons. The van der Waals surface area contributed by atoms with Gasteiger partial charge in [0.05, 0.1) is 15.0 Å². The molecular weight excluding hydrogens is 738 g/mol. The van der Waals surface area contributed by atoms with Crippen molar-refractivity contribution in [3.05, 3.63) is 124 Å². The van der Waals surface area contributed by atoms with Crippen molar-refractivity contribution in [2.75, 3.05) is 0 Å². The normalized spacial score (nSPS) is 14.4. The Bertz CT molecular complexity index is 2410. The third-order valence-corrected chi connectivity index (χ3v) is 9.57. The van der Waals surface area contributed by atoms with Crippen molar-refractivity contribution in [1.82, 2.24) is 0 Å². The molecule has 3 aliphatic carbocycles. The van der Waals surface area contributed by atoms with E-state index in [4.69, 9.17) is 38.7 Å². The molecule has 2 unspecified atom stereocenters. The topological polar surface area (TPSA) is 0 Å². The first-order valence-electron chi connectivity index (χ1n) is 19.4. The van der Waals surface area contributed by atoms with Gasteiger partial charge < -0.3 is 0 Å². The number of hydrogen-bond acceptors (Lipinski definition) is 0. The maximum atomic E-state index is 5.11. The van der Waals surface area contributed by atoms with E-state index in [-0.39, 0.29) is 51.6 Å². The summed E-state index contributed by atoms with van der Waals surface area (Å²) in [5.74, 6) is 0.581. The van der Waals surface area contributed by atoms with E-state index in [1.807, 2.05) is 40.6 Å². The molecule has 0 aromatic heterocycles. The first-order chi connectivity index (χ1) is 26.5. The third-order valence-electron chi connectivity index (χ3n) is 9.57. The zero-order valence-corrected chi connectivity index (χ0v) is 37.8. The largest absolute Gasteiger partial charge is 0.183 e. The Kier molecular flexibility index (Phi) is 20.4. The summed E-state index contributed by atoms with van der Waals surface area (Å²) in [4.78, 5) is 0. The molecule has 0 N–H and O–H groups in total. The molecule has 0 amide bonds. The Morgan fingerprint density at radius 3 is 1.89 bits per heavy atom. The van der Waals surface area contributed by atoms with Crippen molar-refractivity contribution >= 4 is 147 Å². The van der Waals surface area contributed by atoms with E-state index in [1.54, 1.807) is 13.6 Å². The molecule has 0 fully saturated rings. The van der Waals surface area contributed by atoms with Crippen LogP contribution in [0.1, 0.15) is 61.4 Å². The monoisotopic (exact) mass is 786 g/mol. The van der Waals surface area contributed by atoms with E-state index < -0.39 is 0 Å². The number of benzene rings is 6. The van der Waals surface area contributed by atoms with Gasteiger partial charge in [0.15, 0.2) is 0 Å². The fraction of sp³-hybridized carbons (Fsp3) is 0.244. The van der Waals surface area contributed by atoms with Crippen molar-refractivity contribution < 1.29 is 32.7 Å². The molecule has 0 heterocycles. The summed E-state index contributed by atoms with van der Waals surface area (Å²) in [6.07, 6.45) is 9.51. The SMILES string of the molecule is C=C1c2c[c-]ccc2C2=CC=c3c4c(c5ccc6c(=C)c7cc(C)ccc7c7ccc3c5c67)C=CC1C24.CC.CC.[B]B([B])C.[B]C.[B][B]B([B])C.[B][B]C.[Y]. The van der Waals surface area contributed by atoms with Gasteiger partial charge in [-0.25, -0.2) is 0 Å². The van der Waals surface area contributed by atoms with E-state index in [2.05, 4.69) is 113 Å². The molecule has 11 heteroatoms. The zero-order valence-electron chi connectivity index (χ0n) is 35.0. The molecule has 9 rings (SSSR count). The number of aryl methyl sites for hydroxylation is 1. The predicted molar refractivity (Wildman–Crippen MR) is 263 cm³/mol. The van der Waals surface area contributed by atoms with Crippen molar-refractivity contribution in [1.29, 1.82) is 0 Å². The first-order valence-corrected chi connectivity index (χ1v) is 19.4. The van der Waals surface area contributed by atoms with Gasteiger partial charge in [-0.1, -0.05) is 125 Å². The van der Waals surface area contributed by atoms with E-state index in [0.29, 0.717) is 5.92 Å². The molecule has 2 atom stereocenters. The smallest absolute Gasteiger partial charge is 0.0606 e. The van der Waals surface area contributed by atoms with Crippen molar-refractivity contribution in [3.8, 4) is 0 Å². The number of rotatable bonds is 1. The Morgan fingerprint density at radius 1 is 0.750 bits per heavy atom. The van der Waals surface area contributed by atoms with Crippen molar-refractivity contribution in [2.45, 2.75) is 67.8 Å². The summed E-state index contributed by atoms with van der Waals surface area (Å²) in [6, 6.07) is 25.8. The van der Waals surface area contributed by atoms with Crippen LogP contribution in [-0.2, 0) is 32.7 Å². The van der Waals surface area contributed by atoms with Crippen LogP contribution in [0.5, 0.6) is 0 Å². The quantitative estimate of drug-likeness (QED) is 0.0680. The summed E-state index contributed by atoms with van der Waals surface area (Å²) >= 11 is 0. The molecule has 0 nitrogen and oxygen atoms in total. The maximum absolute atomic E-state index is 5.11. The molecule has 3 aliphatic rings. The van der Waals surface area contributed by atoms with Crippen LogP contribution in [0.2, 0.25) is 27.3 Å². The van der Waals surface area contributed by atoms with E-state index in [1.165, 1.54) is 108 Å². The Labute approximate surface area is 374 Å². The molecule has 15 radical (unpaired) electrons. The molecule has 56 heavy (non-hydrogen) atoms. The summed E-state index contributed by atoms with van der Waals surface area (Å²) in [6.45, 7) is 26.0. The van der Waals surface area contributed by atoms with E-state index in [9.17, 15) is 0 Å². The number of allylic oxidation sites excluding steroid dienone is 4. The number of fused-ring (bicyclic) bond motifs is 6. The van der Waals surface area contributed by atoms with E-state index >= 15 is 0 Å². The van der Waals surface area contributed by atoms with Crippen LogP contribution in [0.3, 0.4) is 0 Å². The van der Waals surface area contributed by atoms with Gasteiger partial charge in [-0.3, -0.25) is 0 Å². The minimum atomic E-state index is -0.167. The van der Waals surface area contributed by atoms with Gasteiger partial charge in [0.1, 0.15) is 0 Å². The van der Waals surface area contributed by atoms with Crippen molar-refractivity contribution in [2.24, 2.45) is 5.92 Å². The van der Waals surface area contributed by atoms with Crippen LogP contribution in [0, 0.1) is 18.9 Å². The van der Waals surface area contributed by atoms with Gasteiger partial charge in [-0.05, 0) is 71.6 Å². The van der Waals surface area contributed by atoms with Gasteiger partial charge in [0.25, 0.3) is 0 Å².